The van der Waals surface area contributed by atoms with Crippen LogP contribution in [0, 0.1) is 5.92 Å². The fourth-order valence-electron chi connectivity index (χ4n) is 2.58. The lowest BCUT2D eigenvalue weighted by molar-refractivity contribution is -0.135. The molecule has 5 nitrogen and oxygen atoms in total. The van der Waals surface area contributed by atoms with Crippen LogP contribution in [0.15, 0.2) is 18.3 Å². The molecule has 1 aliphatic heterocycles. The summed E-state index contributed by atoms with van der Waals surface area (Å²) >= 11 is 0. The average molecular weight is 289 g/mol. The average Bonchev–Trinajstić information content (AvgIpc) is 2.61. The molecule has 2 amide bonds. The first-order valence-corrected chi connectivity index (χ1v) is 7.53. The number of aryl methyl sites for hydroxylation is 1. The molecule has 0 radical (unpaired) electrons. The number of hydrogen-bond donors (Lipinski definition) is 1. The second-order valence-corrected chi connectivity index (χ2v) is 5.76. The maximum Gasteiger partial charge on any atom is 0.245 e. The van der Waals surface area contributed by atoms with Crippen molar-refractivity contribution in [2.45, 2.75) is 46.2 Å². The molecule has 2 heterocycles. The number of nitrogens with one attached hydrogen (secondary N) is 1. The van der Waals surface area contributed by atoms with Gasteiger partial charge in [0, 0.05) is 19.2 Å². The summed E-state index contributed by atoms with van der Waals surface area (Å²) in [7, 11) is 0. The number of rotatable bonds is 4. The molecule has 1 aliphatic rings. The summed E-state index contributed by atoms with van der Waals surface area (Å²) in [5, 5.41) is 2.82. The lowest BCUT2D eigenvalue weighted by atomic mass is 10.0. The third-order valence-corrected chi connectivity index (χ3v) is 3.88. The summed E-state index contributed by atoms with van der Waals surface area (Å²) in [6, 6.07) is 3.51. The molecule has 1 fully saturated rings. The van der Waals surface area contributed by atoms with Crippen molar-refractivity contribution in [3.63, 3.8) is 0 Å². The summed E-state index contributed by atoms with van der Waals surface area (Å²) in [5.41, 5.74) is 2.07. The zero-order valence-electron chi connectivity index (χ0n) is 12.9. The molecule has 114 valence electrons. The molecule has 1 aromatic heterocycles. The van der Waals surface area contributed by atoms with Gasteiger partial charge in [-0.1, -0.05) is 26.8 Å². The third kappa shape index (κ3) is 3.60. The predicted molar refractivity (Wildman–Crippen MR) is 80.4 cm³/mol. The van der Waals surface area contributed by atoms with Crippen molar-refractivity contribution >= 4 is 11.8 Å². The zero-order valence-corrected chi connectivity index (χ0v) is 12.9. The van der Waals surface area contributed by atoms with Crippen LogP contribution in [0.5, 0.6) is 0 Å². The van der Waals surface area contributed by atoms with Crippen LogP contribution in [0.1, 0.15) is 38.4 Å². The molecule has 1 saturated heterocycles. The highest BCUT2D eigenvalue weighted by atomic mass is 16.2. The van der Waals surface area contributed by atoms with Gasteiger partial charge in [-0.25, -0.2) is 0 Å². The van der Waals surface area contributed by atoms with E-state index in [0.29, 0.717) is 19.5 Å². The molecule has 0 aliphatic carbocycles. The second-order valence-electron chi connectivity index (χ2n) is 5.76. The van der Waals surface area contributed by atoms with Gasteiger partial charge in [-0.3, -0.25) is 14.6 Å². The Bertz CT molecular complexity index is 528. The van der Waals surface area contributed by atoms with Gasteiger partial charge in [0.2, 0.25) is 11.8 Å². The Hall–Kier alpha value is -1.91. The Morgan fingerprint density at radius 3 is 2.86 bits per heavy atom. The van der Waals surface area contributed by atoms with Crippen molar-refractivity contribution in [2.75, 3.05) is 6.54 Å². The summed E-state index contributed by atoms with van der Waals surface area (Å²) < 4.78 is 0. The van der Waals surface area contributed by atoms with E-state index in [4.69, 9.17) is 0 Å². The highest BCUT2D eigenvalue weighted by Crippen LogP contribution is 2.15. The molecule has 1 N–H and O–H groups in total. The number of hydrogen-bond acceptors (Lipinski definition) is 3. The number of amides is 2. The van der Waals surface area contributed by atoms with E-state index in [1.54, 1.807) is 11.1 Å². The van der Waals surface area contributed by atoms with Gasteiger partial charge in [0.1, 0.15) is 6.04 Å². The Labute approximate surface area is 125 Å². The Kier molecular flexibility index (Phi) is 4.94. The molecule has 0 spiro atoms. The summed E-state index contributed by atoms with van der Waals surface area (Å²) in [6.07, 6.45) is 2.99. The second kappa shape index (κ2) is 6.70. The fourth-order valence-corrected chi connectivity index (χ4v) is 2.58. The van der Waals surface area contributed by atoms with Gasteiger partial charge < -0.3 is 10.2 Å². The van der Waals surface area contributed by atoms with Crippen LogP contribution >= 0.6 is 0 Å². The van der Waals surface area contributed by atoms with Crippen molar-refractivity contribution in [3.05, 3.63) is 29.6 Å². The molecular formula is C16H23N3O2. The number of pyridine rings is 1. The first-order valence-electron chi connectivity index (χ1n) is 7.53. The molecule has 0 aromatic carbocycles. The third-order valence-electron chi connectivity index (χ3n) is 3.88. The Morgan fingerprint density at radius 1 is 1.43 bits per heavy atom. The topological polar surface area (TPSA) is 62.3 Å². The van der Waals surface area contributed by atoms with Gasteiger partial charge in [-0.15, -0.1) is 0 Å². The molecule has 5 heteroatoms. The molecule has 21 heavy (non-hydrogen) atoms. The number of carbonyl (C=O) groups is 2. The maximum absolute atomic E-state index is 12.6. The molecule has 1 aromatic rings. The van der Waals surface area contributed by atoms with Crippen molar-refractivity contribution in [1.29, 1.82) is 0 Å². The van der Waals surface area contributed by atoms with Crippen LogP contribution in [0.3, 0.4) is 0 Å². The number of aromatic nitrogens is 1. The van der Waals surface area contributed by atoms with E-state index >= 15 is 0 Å². The standard InChI is InChI=1S/C16H23N3O2/c1-4-12-6-5-8-17-13(12)10-19-9-7-14(20)18-15(11(2)3)16(19)21/h5-6,8,11,15H,4,7,9-10H2,1-3H3,(H,18,20). The van der Waals surface area contributed by atoms with Gasteiger partial charge >= 0.3 is 0 Å². The zero-order chi connectivity index (χ0) is 15.4. The molecular weight excluding hydrogens is 266 g/mol. The summed E-state index contributed by atoms with van der Waals surface area (Å²) in [4.78, 5) is 30.5. The van der Waals surface area contributed by atoms with Gasteiger partial charge in [0.25, 0.3) is 0 Å². The van der Waals surface area contributed by atoms with Crippen LogP contribution in [0.4, 0.5) is 0 Å². The van der Waals surface area contributed by atoms with E-state index < -0.39 is 6.04 Å². The summed E-state index contributed by atoms with van der Waals surface area (Å²) in [6.45, 7) is 6.90. The first-order chi connectivity index (χ1) is 10.0. The Morgan fingerprint density at radius 2 is 2.19 bits per heavy atom. The molecule has 1 atom stereocenters. The fraction of sp³-hybridized carbons (Fsp3) is 0.562. The number of carbonyl (C=O) groups excluding carboxylic acids is 2. The van der Waals surface area contributed by atoms with Crippen molar-refractivity contribution in [3.8, 4) is 0 Å². The number of nitrogens with zero attached hydrogens (tertiary/aromatic N) is 2. The van der Waals surface area contributed by atoms with Crippen LogP contribution in [0.25, 0.3) is 0 Å². The SMILES string of the molecule is CCc1cccnc1CN1CCC(=O)NC(C(C)C)C1=O. The predicted octanol–water partition coefficient (Wildman–Crippen LogP) is 1.52. The van der Waals surface area contributed by atoms with E-state index in [1.807, 2.05) is 26.0 Å². The van der Waals surface area contributed by atoms with E-state index in [1.165, 1.54) is 0 Å². The van der Waals surface area contributed by atoms with Crippen LogP contribution < -0.4 is 5.32 Å². The first kappa shape index (κ1) is 15.5. The monoisotopic (exact) mass is 289 g/mol. The quantitative estimate of drug-likeness (QED) is 0.914. The largest absolute Gasteiger partial charge is 0.344 e. The van der Waals surface area contributed by atoms with Gasteiger partial charge in [0.15, 0.2) is 0 Å². The minimum Gasteiger partial charge on any atom is -0.344 e. The lowest BCUT2D eigenvalue weighted by Gasteiger charge is -2.26. The van der Waals surface area contributed by atoms with Gasteiger partial charge in [-0.05, 0) is 24.0 Å². The van der Waals surface area contributed by atoms with E-state index in [2.05, 4.69) is 17.2 Å². The highest BCUT2D eigenvalue weighted by Gasteiger charge is 2.32. The van der Waals surface area contributed by atoms with E-state index in [9.17, 15) is 9.59 Å². The maximum atomic E-state index is 12.6. The molecule has 2 rings (SSSR count). The highest BCUT2D eigenvalue weighted by molar-refractivity contribution is 5.90. The summed E-state index contributed by atoms with van der Waals surface area (Å²) in [5.74, 6) is 0.0151. The molecule has 0 saturated carbocycles. The van der Waals surface area contributed by atoms with Crippen molar-refractivity contribution < 1.29 is 9.59 Å². The molecule has 0 bridgehead atoms. The normalized spacial score (nSPS) is 19.6. The molecule has 1 unspecified atom stereocenters. The van der Waals surface area contributed by atoms with Crippen LogP contribution in [0.2, 0.25) is 0 Å². The van der Waals surface area contributed by atoms with Gasteiger partial charge in [0.05, 0.1) is 12.2 Å². The van der Waals surface area contributed by atoms with Crippen LogP contribution in [-0.2, 0) is 22.6 Å². The minimum atomic E-state index is -0.436. The smallest absolute Gasteiger partial charge is 0.245 e. The Balaban J connectivity index is 2.21. The lowest BCUT2D eigenvalue weighted by Crippen LogP contribution is -2.47. The van der Waals surface area contributed by atoms with Crippen molar-refractivity contribution in [2.24, 2.45) is 5.92 Å². The van der Waals surface area contributed by atoms with Crippen molar-refractivity contribution in [1.82, 2.24) is 15.2 Å². The van der Waals surface area contributed by atoms with E-state index in [0.717, 1.165) is 17.7 Å². The minimum absolute atomic E-state index is 0.0106. The van der Waals surface area contributed by atoms with E-state index in [-0.39, 0.29) is 17.7 Å². The van der Waals surface area contributed by atoms with Gasteiger partial charge in [-0.2, -0.15) is 0 Å². The van der Waals surface area contributed by atoms with Crippen LogP contribution in [-0.4, -0.2) is 34.3 Å².